The molecule has 1 saturated heterocycles. The van der Waals surface area contributed by atoms with Crippen molar-refractivity contribution in [2.24, 2.45) is 0 Å². The summed E-state index contributed by atoms with van der Waals surface area (Å²) < 4.78 is 53.3. The summed E-state index contributed by atoms with van der Waals surface area (Å²) >= 11 is 0. The predicted molar refractivity (Wildman–Crippen MR) is 111 cm³/mol. The van der Waals surface area contributed by atoms with Gasteiger partial charge in [-0.1, -0.05) is 0 Å². The molecule has 0 aliphatic carbocycles. The Kier molecular flexibility index (Phi) is 6.45. The first-order valence-corrected chi connectivity index (χ1v) is 11.3. The number of piperazine rings is 1. The molecule has 1 aliphatic rings. The lowest BCUT2D eigenvalue weighted by Gasteiger charge is -2.36. The zero-order valence-corrected chi connectivity index (χ0v) is 18.6. The maximum Gasteiger partial charge on any atom is 0.243 e. The van der Waals surface area contributed by atoms with Crippen LogP contribution in [-0.4, -0.2) is 66.4 Å². The zero-order valence-electron chi connectivity index (χ0n) is 17.8. The summed E-state index contributed by atoms with van der Waals surface area (Å²) in [7, 11) is -3.97. The molecular formula is C21H25F2N3O4S. The Labute approximate surface area is 180 Å². The molecule has 1 atom stereocenters. The van der Waals surface area contributed by atoms with Gasteiger partial charge in [-0.15, -0.1) is 0 Å². The van der Waals surface area contributed by atoms with Crippen LogP contribution in [0.3, 0.4) is 0 Å². The van der Waals surface area contributed by atoms with E-state index in [0.29, 0.717) is 41.7 Å². The van der Waals surface area contributed by atoms with Gasteiger partial charge in [0.1, 0.15) is 0 Å². The molecule has 3 rings (SSSR count). The van der Waals surface area contributed by atoms with Crippen LogP contribution in [-0.2, 0) is 10.0 Å². The van der Waals surface area contributed by atoms with Gasteiger partial charge in [-0.3, -0.25) is 14.5 Å². The van der Waals surface area contributed by atoms with E-state index in [1.807, 2.05) is 4.90 Å². The summed E-state index contributed by atoms with van der Waals surface area (Å²) in [6, 6.07) is 1.97. The quantitative estimate of drug-likeness (QED) is 0.680. The topological polar surface area (TPSA) is 90.6 Å². The maximum absolute atomic E-state index is 13.5. The molecule has 31 heavy (non-hydrogen) atoms. The van der Waals surface area contributed by atoms with E-state index in [-0.39, 0.29) is 29.6 Å². The maximum atomic E-state index is 13.5. The van der Waals surface area contributed by atoms with Gasteiger partial charge in [-0.05, 0) is 51.5 Å². The number of aromatic nitrogens is 1. The number of ketones is 2. The number of Topliss-reactive ketones (excluding diaryl/α,β-unsaturated/α-hetero) is 2. The van der Waals surface area contributed by atoms with Crippen LogP contribution in [0.5, 0.6) is 0 Å². The molecule has 1 aromatic heterocycles. The summed E-state index contributed by atoms with van der Waals surface area (Å²) in [4.78, 5) is 29.4. The molecule has 0 amide bonds. The number of H-pyrrole nitrogens is 1. The second-order valence-electron chi connectivity index (χ2n) is 7.74. The highest BCUT2D eigenvalue weighted by atomic mass is 32.2. The third kappa shape index (κ3) is 4.32. The van der Waals surface area contributed by atoms with Crippen LogP contribution in [0, 0.1) is 25.5 Å². The van der Waals surface area contributed by atoms with Gasteiger partial charge in [0.05, 0.1) is 16.6 Å². The van der Waals surface area contributed by atoms with Crippen molar-refractivity contribution in [3.05, 3.63) is 52.3 Å². The third-order valence-electron chi connectivity index (χ3n) is 5.77. The lowest BCUT2D eigenvalue weighted by Crippen LogP contribution is -2.53. The Hall–Kier alpha value is -2.43. The zero-order chi connectivity index (χ0) is 23.1. The number of carbonyl (C=O) groups excluding carboxylic acids is 2. The van der Waals surface area contributed by atoms with Crippen molar-refractivity contribution >= 4 is 21.6 Å². The highest BCUT2D eigenvalue weighted by Gasteiger charge is 2.33. The molecule has 1 aromatic carbocycles. The third-order valence-corrected chi connectivity index (χ3v) is 7.66. The van der Waals surface area contributed by atoms with Gasteiger partial charge in [-0.25, -0.2) is 17.2 Å². The molecule has 0 radical (unpaired) electrons. The minimum absolute atomic E-state index is 0.111. The molecule has 1 unspecified atom stereocenters. The first-order valence-electron chi connectivity index (χ1n) is 9.88. The molecule has 0 bridgehead atoms. The Bertz CT molecular complexity index is 1140. The van der Waals surface area contributed by atoms with Crippen molar-refractivity contribution < 1.29 is 26.8 Å². The Balaban J connectivity index is 1.72. The van der Waals surface area contributed by atoms with Crippen LogP contribution in [0.1, 0.15) is 46.0 Å². The molecule has 0 saturated carbocycles. The van der Waals surface area contributed by atoms with Crippen molar-refractivity contribution in [1.82, 2.24) is 14.2 Å². The number of rotatable bonds is 6. The number of aromatic amines is 1. The van der Waals surface area contributed by atoms with E-state index in [2.05, 4.69) is 4.98 Å². The van der Waals surface area contributed by atoms with Crippen LogP contribution >= 0.6 is 0 Å². The van der Waals surface area contributed by atoms with E-state index >= 15 is 0 Å². The molecule has 10 heteroatoms. The smallest absolute Gasteiger partial charge is 0.243 e. The van der Waals surface area contributed by atoms with Gasteiger partial charge < -0.3 is 4.98 Å². The second-order valence-corrected chi connectivity index (χ2v) is 9.68. The summed E-state index contributed by atoms with van der Waals surface area (Å²) in [6.07, 6.45) is 0. The average Bonchev–Trinajstić information content (AvgIpc) is 3.03. The number of nitrogens with zero attached hydrogens (tertiary/aromatic N) is 2. The Morgan fingerprint density at radius 2 is 1.68 bits per heavy atom. The van der Waals surface area contributed by atoms with Gasteiger partial charge in [0.15, 0.2) is 23.2 Å². The fourth-order valence-electron chi connectivity index (χ4n) is 4.02. The summed E-state index contributed by atoms with van der Waals surface area (Å²) in [5, 5.41) is 0. The van der Waals surface area contributed by atoms with Gasteiger partial charge in [0.25, 0.3) is 0 Å². The van der Waals surface area contributed by atoms with Crippen molar-refractivity contribution in [2.75, 3.05) is 26.2 Å². The van der Waals surface area contributed by atoms with Crippen molar-refractivity contribution in [2.45, 2.75) is 38.6 Å². The van der Waals surface area contributed by atoms with E-state index in [0.717, 1.165) is 12.1 Å². The molecular weight excluding hydrogens is 428 g/mol. The summed E-state index contributed by atoms with van der Waals surface area (Å²) in [5.41, 5.74) is 2.15. The monoisotopic (exact) mass is 453 g/mol. The fourth-order valence-corrected chi connectivity index (χ4v) is 5.45. The van der Waals surface area contributed by atoms with Gasteiger partial charge in [0.2, 0.25) is 10.0 Å². The van der Waals surface area contributed by atoms with Crippen molar-refractivity contribution in [3.63, 3.8) is 0 Å². The molecule has 7 nitrogen and oxygen atoms in total. The molecule has 2 aromatic rings. The van der Waals surface area contributed by atoms with Gasteiger partial charge in [-0.2, -0.15) is 4.31 Å². The van der Waals surface area contributed by atoms with E-state index in [1.54, 1.807) is 20.8 Å². The lowest BCUT2D eigenvalue weighted by atomic mass is 10.0. The van der Waals surface area contributed by atoms with E-state index in [4.69, 9.17) is 0 Å². The predicted octanol–water partition coefficient (Wildman–Crippen LogP) is 2.69. The number of hydrogen-bond donors (Lipinski definition) is 1. The van der Waals surface area contributed by atoms with E-state index in [9.17, 15) is 26.8 Å². The highest BCUT2D eigenvalue weighted by molar-refractivity contribution is 7.89. The number of sulfonamides is 1. The first-order chi connectivity index (χ1) is 14.4. The molecule has 168 valence electrons. The largest absolute Gasteiger partial charge is 0.355 e. The van der Waals surface area contributed by atoms with Gasteiger partial charge >= 0.3 is 0 Å². The lowest BCUT2D eigenvalue weighted by molar-refractivity contribution is 0.0777. The Morgan fingerprint density at radius 1 is 1.06 bits per heavy atom. The van der Waals surface area contributed by atoms with E-state index in [1.165, 1.54) is 11.2 Å². The fraction of sp³-hybridized carbons (Fsp3) is 0.429. The molecule has 1 fully saturated rings. The molecule has 1 aliphatic heterocycles. The number of benzene rings is 1. The highest BCUT2D eigenvalue weighted by Crippen LogP contribution is 2.23. The van der Waals surface area contributed by atoms with Crippen molar-refractivity contribution in [1.29, 1.82) is 0 Å². The number of carbonyl (C=O) groups is 2. The summed E-state index contributed by atoms with van der Waals surface area (Å²) in [5.74, 6) is -2.63. The number of halogens is 2. The molecule has 1 N–H and O–H groups in total. The standard InChI is InChI=1S/C21H25F2N3O4S/c1-12-19(15(4)27)13(2)24-20(12)21(28)14(3)25-7-9-26(10-8-25)31(29,30)16-5-6-17(22)18(23)11-16/h5-6,11,14,24H,7-10H2,1-4H3. The van der Waals surface area contributed by atoms with Crippen LogP contribution in [0.2, 0.25) is 0 Å². The number of aryl methyl sites for hydroxylation is 1. The number of hydrogen-bond acceptors (Lipinski definition) is 5. The minimum atomic E-state index is -3.97. The minimum Gasteiger partial charge on any atom is -0.355 e. The van der Waals surface area contributed by atoms with E-state index < -0.39 is 27.7 Å². The molecule has 0 spiro atoms. The van der Waals surface area contributed by atoms with Crippen LogP contribution in [0.4, 0.5) is 8.78 Å². The summed E-state index contributed by atoms with van der Waals surface area (Å²) in [6.45, 7) is 7.49. The SMILES string of the molecule is CC(=O)c1c(C)[nH]c(C(=O)C(C)N2CCN(S(=O)(=O)c3ccc(F)c(F)c3)CC2)c1C. The van der Waals surface area contributed by atoms with Crippen LogP contribution in [0.15, 0.2) is 23.1 Å². The van der Waals surface area contributed by atoms with Crippen molar-refractivity contribution in [3.8, 4) is 0 Å². The van der Waals surface area contributed by atoms with Crippen LogP contribution in [0.25, 0.3) is 0 Å². The Morgan fingerprint density at radius 3 is 2.19 bits per heavy atom. The number of nitrogens with one attached hydrogen (secondary N) is 1. The first kappa shape index (κ1) is 23.2. The molecule has 2 heterocycles. The van der Waals surface area contributed by atoms with Crippen LogP contribution < -0.4 is 0 Å². The second kappa shape index (κ2) is 8.60. The normalized spacial score (nSPS) is 17.0. The van der Waals surface area contributed by atoms with Gasteiger partial charge in [0, 0.05) is 37.4 Å². The average molecular weight is 454 g/mol.